The Balaban J connectivity index is 1.77. The summed E-state index contributed by atoms with van der Waals surface area (Å²) in [5.74, 6) is -0.291. The molecule has 0 fully saturated rings. The fourth-order valence-electron chi connectivity index (χ4n) is 3.10. The molecule has 0 N–H and O–H groups in total. The molecule has 8 nitrogen and oxygen atoms in total. The molecule has 0 aliphatic heterocycles. The summed E-state index contributed by atoms with van der Waals surface area (Å²) < 4.78 is 5.33. The molecule has 160 valence electrons. The standard InChI is InChI=1S/C23H24N4O4/c1-15(21-10-5-6-11-24-21)26(4)23(30)22-13-20(31-25-22)14-27(17(3)29)19-9-7-8-18(12-19)16(2)28/h5-13,15H,14H2,1-4H3. The van der Waals surface area contributed by atoms with Gasteiger partial charge in [-0.2, -0.15) is 0 Å². The van der Waals surface area contributed by atoms with E-state index in [9.17, 15) is 14.4 Å². The van der Waals surface area contributed by atoms with Crippen LogP contribution in [0, 0.1) is 0 Å². The lowest BCUT2D eigenvalue weighted by Crippen LogP contribution is -2.30. The van der Waals surface area contributed by atoms with Crippen LogP contribution >= 0.6 is 0 Å². The van der Waals surface area contributed by atoms with E-state index in [4.69, 9.17) is 4.52 Å². The summed E-state index contributed by atoms with van der Waals surface area (Å²) in [6.07, 6.45) is 1.68. The number of Topliss-reactive ketones (excluding diaryl/α,β-unsaturated/α-hetero) is 1. The molecule has 2 aromatic heterocycles. The summed E-state index contributed by atoms with van der Waals surface area (Å²) in [7, 11) is 1.67. The average Bonchev–Trinajstić information content (AvgIpc) is 3.25. The minimum Gasteiger partial charge on any atom is -0.359 e. The lowest BCUT2D eigenvalue weighted by Gasteiger charge is -2.23. The number of carbonyl (C=O) groups excluding carboxylic acids is 3. The van der Waals surface area contributed by atoms with Gasteiger partial charge in [-0.1, -0.05) is 23.4 Å². The third-order valence-corrected chi connectivity index (χ3v) is 5.05. The van der Waals surface area contributed by atoms with Crippen LogP contribution in [0.5, 0.6) is 0 Å². The molecule has 0 aliphatic carbocycles. The lowest BCUT2D eigenvalue weighted by molar-refractivity contribution is -0.116. The van der Waals surface area contributed by atoms with Crippen molar-refractivity contribution in [3.8, 4) is 0 Å². The first-order valence-corrected chi connectivity index (χ1v) is 9.80. The Hall–Kier alpha value is -3.81. The van der Waals surface area contributed by atoms with Crippen molar-refractivity contribution in [2.24, 2.45) is 0 Å². The molecule has 0 spiro atoms. The van der Waals surface area contributed by atoms with Gasteiger partial charge < -0.3 is 14.3 Å². The largest absolute Gasteiger partial charge is 0.359 e. The summed E-state index contributed by atoms with van der Waals surface area (Å²) in [4.78, 5) is 44.0. The zero-order valence-corrected chi connectivity index (χ0v) is 17.9. The molecule has 0 radical (unpaired) electrons. The Morgan fingerprint density at radius 1 is 1.06 bits per heavy atom. The second kappa shape index (κ2) is 9.34. The predicted octanol–water partition coefficient (Wildman–Crippen LogP) is 3.66. The van der Waals surface area contributed by atoms with Gasteiger partial charge in [0.1, 0.15) is 0 Å². The van der Waals surface area contributed by atoms with Gasteiger partial charge in [-0.3, -0.25) is 19.4 Å². The van der Waals surface area contributed by atoms with E-state index in [1.165, 1.54) is 29.7 Å². The Labute approximate surface area is 180 Å². The summed E-state index contributed by atoms with van der Waals surface area (Å²) >= 11 is 0. The monoisotopic (exact) mass is 420 g/mol. The zero-order chi connectivity index (χ0) is 22.5. The highest BCUT2D eigenvalue weighted by Gasteiger charge is 2.24. The predicted molar refractivity (Wildman–Crippen MR) is 115 cm³/mol. The van der Waals surface area contributed by atoms with Crippen LogP contribution in [0.4, 0.5) is 5.69 Å². The number of pyridine rings is 1. The van der Waals surface area contributed by atoms with Gasteiger partial charge in [0.25, 0.3) is 5.91 Å². The molecular formula is C23H24N4O4. The van der Waals surface area contributed by atoms with E-state index in [2.05, 4.69) is 10.1 Å². The molecule has 1 unspecified atom stereocenters. The molecule has 3 aromatic rings. The lowest BCUT2D eigenvalue weighted by atomic mass is 10.1. The third-order valence-electron chi connectivity index (χ3n) is 5.05. The van der Waals surface area contributed by atoms with Gasteiger partial charge >= 0.3 is 0 Å². The number of nitrogens with zero attached hydrogens (tertiary/aromatic N) is 4. The number of hydrogen-bond donors (Lipinski definition) is 0. The molecule has 1 atom stereocenters. The number of amides is 2. The highest BCUT2D eigenvalue weighted by atomic mass is 16.5. The van der Waals surface area contributed by atoms with Crippen LogP contribution in [-0.2, 0) is 11.3 Å². The molecule has 1 aromatic carbocycles. The Morgan fingerprint density at radius 3 is 2.48 bits per heavy atom. The second-order valence-corrected chi connectivity index (χ2v) is 7.24. The van der Waals surface area contributed by atoms with Gasteiger partial charge in [-0.25, -0.2) is 0 Å². The number of anilines is 1. The maximum atomic E-state index is 12.8. The molecule has 0 saturated heterocycles. The minimum absolute atomic E-state index is 0.0798. The van der Waals surface area contributed by atoms with E-state index in [1.807, 2.05) is 25.1 Å². The van der Waals surface area contributed by atoms with E-state index in [0.717, 1.165) is 5.69 Å². The van der Waals surface area contributed by atoms with Crippen molar-refractivity contribution in [3.05, 3.63) is 77.4 Å². The summed E-state index contributed by atoms with van der Waals surface area (Å²) in [5.41, 5.74) is 1.96. The second-order valence-electron chi connectivity index (χ2n) is 7.24. The molecule has 0 aliphatic rings. The van der Waals surface area contributed by atoms with Gasteiger partial charge in [-0.15, -0.1) is 0 Å². The van der Waals surface area contributed by atoms with Crippen LogP contribution < -0.4 is 4.90 Å². The van der Waals surface area contributed by atoms with Crippen molar-refractivity contribution in [2.45, 2.75) is 33.4 Å². The van der Waals surface area contributed by atoms with Crippen LogP contribution in [0.25, 0.3) is 0 Å². The van der Waals surface area contributed by atoms with Gasteiger partial charge in [0.15, 0.2) is 17.2 Å². The first kappa shape index (κ1) is 21.9. The number of benzene rings is 1. The molecule has 0 saturated carbocycles. The first-order valence-electron chi connectivity index (χ1n) is 9.80. The van der Waals surface area contributed by atoms with E-state index in [-0.39, 0.29) is 35.9 Å². The number of carbonyl (C=O) groups is 3. The SMILES string of the molecule is CC(=O)c1cccc(N(Cc2cc(C(=O)N(C)C(C)c3ccccn3)no2)C(C)=O)c1. The van der Waals surface area contributed by atoms with Crippen molar-refractivity contribution in [1.82, 2.24) is 15.0 Å². The molecule has 0 bridgehead atoms. The molecule has 2 amide bonds. The highest BCUT2D eigenvalue weighted by Crippen LogP contribution is 2.22. The van der Waals surface area contributed by atoms with Gasteiger partial charge in [0.2, 0.25) is 5.91 Å². The van der Waals surface area contributed by atoms with Crippen LogP contribution in [0.3, 0.4) is 0 Å². The van der Waals surface area contributed by atoms with E-state index in [1.54, 1.807) is 37.5 Å². The van der Waals surface area contributed by atoms with Crippen LogP contribution in [0.15, 0.2) is 59.3 Å². The smallest absolute Gasteiger partial charge is 0.276 e. The van der Waals surface area contributed by atoms with Crippen LogP contribution in [-0.4, -0.2) is 39.7 Å². The van der Waals surface area contributed by atoms with Crippen molar-refractivity contribution < 1.29 is 18.9 Å². The Kier molecular flexibility index (Phi) is 6.59. The number of rotatable bonds is 7. The molecule has 2 heterocycles. The molecule has 8 heteroatoms. The Morgan fingerprint density at radius 2 is 1.84 bits per heavy atom. The maximum Gasteiger partial charge on any atom is 0.276 e. The van der Waals surface area contributed by atoms with Crippen LogP contribution in [0.2, 0.25) is 0 Å². The van der Waals surface area contributed by atoms with Gasteiger partial charge in [0, 0.05) is 37.5 Å². The van der Waals surface area contributed by atoms with E-state index < -0.39 is 0 Å². The molecular weight excluding hydrogens is 396 g/mol. The maximum absolute atomic E-state index is 12.8. The highest BCUT2D eigenvalue weighted by molar-refractivity contribution is 5.97. The first-order chi connectivity index (χ1) is 14.8. The van der Waals surface area contributed by atoms with Crippen molar-refractivity contribution in [3.63, 3.8) is 0 Å². The number of hydrogen-bond acceptors (Lipinski definition) is 6. The molecule has 3 rings (SSSR count). The zero-order valence-electron chi connectivity index (χ0n) is 17.9. The van der Waals surface area contributed by atoms with Crippen molar-refractivity contribution >= 4 is 23.3 Å². The van der Waals surface area contributed by atoms with Crippen molar-refractivity contribution in [2.75, 3.05) is 11.9 Å². The quantitative estimate of drug-likeness (QED) is 0.541. The average molecular weight is 420 g/mol. The summed E-state index contributed by atoms with van der Waals surface area (Å²) in [6, 6.07) is 13.6. The topological polar surface area (TPSA) is 96.6 Å². The fraction of sp³-hybridized carbons (Fsp3) is 0.261. The normalized spacial score (nSPS) is 11.6. The van der Waals surface area contributed by atoms with Gasteiger partial charge in [-0.05, 0) is 38.1 Å². The van der Waals surface area contributed by atoms with Crippen molar-refractivity contribution in [1.29, 1.82) is 0 Å². The summed E-state index contributed by atoms with van der Waals surface area (Å²) in [6.45, 7) is 4.84. The molecule has 31 heavy (non-hydrogen) atoms. The minimum atomic E-state index is -0.318. The van der Waals surface area contributed by atoms with E-state index >= 15 is 0 Å². The third kappa shape index (κ3) is 5.03. The van der Waals surface area contributed by atoms with Crippen LogP contribution in [0.1, 0.15) is 59.1 Å². The number of ketones is 1. The van der Waals surface area contributed by atoms with E-state index in [0.29, 0.717) is 17.0 Å². The number of aromatic nitrogens is 2. The van der Waals surface area contributed by atoms with Gasteiger partial charge in [0.05, 0.1) is 18.3 Å². The summed E-state index contributed by atoms with van der Waals surface area (Å²) in [5, 5.41) is 3.89. The fourth-order valence-corrected chi connectivity index (χ4v) is 3.10. The Bertz CT molecular complexity index is 1090.